The number of hydrogen-bond acceptors (Lipinski definition) is 5. The van der Waals surface area contributed by atoms with Gasteiger partial charge in [-0.1, -0.05) is 16.8 Å². The molecule has 0 aliphatic rings. The summed E-state index contributed by atoms with van der Waals surface area (Å²) in [6.07, 6.45) is 0. The zero-order valence-corrected chi connectivity index (χ0v) is 11.8. The van der Waals surface area contributed by atoms with Crippen molar-refractivity contribution in [3.63, 3.8) is 0 Å². The molecule has 0 saturated carbocycles. The molecule has 1 aromatic heterocycles. The van der Waals surface area contributed by atoms with Gasteiger partial charge in [0.15, 0.2) is 5.69 Å². The van der Waals surface area contributed by atoms with E-state index in [4.69, 9.17) is 26.3 Å². The maximum absolute atomic E-state index is 12.0. The Morgan fingerprint density at radius 2 is 1.91 bits per heavy atom. The monoisotopic (exact) mass is 324 g/mol. The molecule has 8 nitrogen and oxygen atoms in total. The number of amides is 1. The molecular weight excluding hydrogens is 316 g/mol. The fourth-order valence-electron chi connectivity index (χ4n) is 1.74. The van der Waals surface area contributed by atoms with Gasteiger partial charge in [-0.2, -0.15) is 0 Å². The Hall–Kier alpha value is -2.87. The summed E-state index contributed by atoms with van der Waals surface area (Å²) in [5.41, 5.74) is -0.658. The smallest absolute Gasteiger partial charge is 0.341 e. The van der Waals surface area contributed by atoms with E-state index < -0.39 is 17.8 Å². The lowest BCUT2D eigenvalue weighted by Crippen LogP contribution is -2.16. The second-order valence-corrected chi connectivity index (χ2v) is 4.63. The van der Waals surface area contributed by atoms with E-state index in [1.807, 2.05) is 0 Å². The Morgan fingerprint density at radius 1 is 1.23 bits per heavy atom. The number of aromatic nitrogens is 1. The SMILES string of the molecule is Cc1onc(C(=O)Nc2ccc(C(=O)O)c(Cl)c2)c1C(=O)O. The average Bonchev–Trinajstić information content (AvgIpc) is 2.80. The van der Waals surface area contributed by atoms with Crippen molar-refractivity contribution in [1.29, 1.82) is 0 Å². The summed E-state index contributed by atoms with van der Waals surface area (Å²) < 4.78 is 4.69. The van der Waals surface area contributed by atoms with E-state index in [0.717, 1.165) is 0 Å². The van der Waals surface area contributed by atoms with E-state index in [1.165, 1.54) is 25.1 Å². The van der Waals surface area contributed by atoms with Gasteiger partial charge in [-0.15, -0.1) is 0 Å². The van der Waals surface area contributed by atoms with Gasteiger partial charge >= 0.3 is 11.9 Å². The molecule has 114 valence electrons. The van der Waals surface area contributed by atoms with E-state index >= 15 is 0 Å². The van der Waals surface area contributed by atoms with E-state index in [-0.39, 0.29) is 33.3 Å². The largest absolute Gasteiger partial charge is 0.478 e. The Labute approximate surface area is 128 Å². The van der Waals surface area contributed by atoms with Crippen molar-refractivity contribution in [3.05, 3.63) is 45.8 Å². The standard InChI is InChI=1S/C13H9ClN2O6/c1-5-9(13(20)21)10(16-22-5)11(17)15-6-2-3-7(12(18)19)8(14)4-6/h2-4H,1H3,(H,15,17)(H,18,19)(H,20,21). The lowest BCUT2D eigenvalue weighted by Gasteiger charge is -2.05. The number of nitrogens with zero attached hydrogens (tertiary/aromatic N) is 1. The normalized spacial score (nSPS) is 10.3. The minimum absolute atomic E-state index is 0.00286. The minimum atomic E-state index is -1.34. The highest BCUT2D eigenvalue weighted by Gasteiger charge is 2.25. The Morgan fingerprint density at radius 3 is 2.45 bits per heavy atom. The van der Waals surface area contributed by atoms with E-state index in [1.54, 1.807) is 0 Å². The predicted molar refractivity (Wildman–Crippen MR) is 74.6 cm³/mol. The summed E-state index contributed by atoms with van der Waals surface area (Å²) in [7, 11) is 0. The summed E-state index contributed by atoms with van der Waals surface area (Å²) in [4.78, 5) is 33.9. The average molecular weight is 325 g/mol. The van der Waals surface area contributed by atoms with Crippen LogP contribution in [0.15, 0.2) is 22.7 Å². The van der Waals surface area contributed by atoms with Gasteiger partial charge in [-0.3, -0.25) is 4.79 Å². The number of carbonyl (C=O) groups excluding carboxylic acids is 1. The first kappa shape index (κ1) is 15.5. The molecular formula is C13H9ClN2O6. The van der Waals surface area contributed by atoms with Crippen molar-refractivity contribution in [1.82, 2.24) is 5.16 Å². The molecule has 0 aliphatic heterocycles. The highest BCUT2D eigenvalue weighted by atomic mass is 35.5. The zero-order valence-electron chi connectivity index (χ0n) is 11.1. The molecule has 9 heteroatoms. The molecule has 0 unspecified atom stereocenters. The highest BCUT2D eigenvalue weighted by Crippen LogP contribution is 2.22. The second kappa shape index (κ2) is 5.86. The lowest BCUT2D eigenvalue weighted by atomic mass is 10.1. The van der Waals surface area contributed by atoms with E-state index in [0.29, 0.717) is 0 Å². The highest BCUT2D eigenvalue weighted by molar-refractivity contribution is 6.33. The molecule has 2 rings (SSSR count). The molecule has 0 fully saturated rings. The van der Waals surface area contributed by atoms with Crippen molar-refractivity contribution in [3.8, 4) is 0 Å². The zero-order chi connectivity index (χ0) is 16.4. The van der Waals surface area contributed by atoms with Crippen LogP contribution in [0.1, 0.15) is 37.0 Å². The van der Waals surface area contributed by atoms with Crippen LogP contribution in [0.3, 0.4) is 0 Å². The maximum atomic E-state index is 12.0. The van der Waals surface area contributed by atoms with Crippen LogP contribution in [-0.2, 0) is 0 Å². The number of aryl methyl sites for hydroxylation is 1. The number of carboxylic acid groups (broad SMARTS) is 2. The predicted octanol–water partition coefficient (Wildman–Crippen LogP) is 2.29. The molecule has 0 saturated heterocycles. The number of rotatable bonds is 4. The molecule has 0 aliphatic carbocycles. The maximum Gasteiger partial charge on any atom is 0.341 e. The first-order valence-corrected chi connectivity index (χ1v) is 6.22. The molecule has 0 atom stereocenters. The summed E-state index contributed by atoms with van der Waals surface area (Å²) >= 11 is 5.78. The molecule has 3 N–H and O–H groups in total. The fourth-order valence-corrected chi connectivity index (χ4v) is 2.00. The van der Waals surface area contributed by atoms with Crippen molar-refractivity contribution in [2.45, 2.75) is 6.92 Å². The number of aromatic carboxylic acids is 2. The van der Waals surface area contributed by atoms with Crippen LogP contribution in [0.25, 0.3) is 0 Å². The van der Waals surface area contributed by atoms with Crippen LogP contribution in [0.2, 0.25) is 5.02 Å². The summed E-state index contributed by atoms with van der Waals surface area (Å²) in [6.45, 7) is 1.37. The van der Waals surface area contributed by atoms with E-state index in [2.05, 4.69) is 10.5 Å². The van der Waals surface area contributed by atoms with Crippen LogP contribution < -0.4 is 5.32 Å². The Balaban J connectivity index is 2.28. The molecule has 0 bridgehead atoms. The molecule has 1 heterocycles. The lowest BCUT2D eigenvalue weighted by molar-refractivity contribution is 0.0683. The van der Waals surface area contributed by atoms with Gasteiger partial charge in [0, 0.05) is 5.69 Å². The van der Waals surface area contributed by atoms with Gasteiger partial charge in [0.1, 0.15) is 11.3 Å². The van der Waals surface area contributed by atoms with Gasteiger partial charge in [0.25, 0.3) is 5.91 Å². The van der Waals surface area contributed by atoms with Gasteiger partial charge in [0.2, 0.25) is 0 Å². The number of nitrogens with one attached hydrogen (secondary N) is 1. The van der Waals surface area contributed by atoms with Crippen LogP contribution in [-0.4, -0.2) is 33.2 Å². The number of halogens is 1. The Kier molecular flexibility index (Phi) is 4.13. The molecule has 1 aromatic carbocycles. The van der Waals surface area contributed by atoms with Crippen molar-refractivity contribution in [2.24, 2.45) is 0 Å². The Bertz CT molecular complexity index is 783. The first-order chi connectivity index (χ1) is 10.3. The second-order valence-electron chi connectivity index (χ2n) is 4.22. The van der Waals surface area contributed by atoms with Crippen LogP contribution in [0, 0.1) is 6.92 Å². The topological polar surface area (TPSA) is 130 Å². The van der Waals surface area contributed by atoms with Gasteiger partial charge in [0.05, 0.1) is 10.6 Å². The number of anilines is 1. The number of carbonyl (C=O) groups is 3. The summed E-state index contributed by atoms with van der Waals surface area (Å²) in [6, 6.07) is 3.77. The third kappa shape index (κ3) is 2.91. The number of hydrogen-bond donors (Lipinski definition) is 3. The molecule has 1 amide bonds. The van der Waals surface area contributed by atoms with Crippen LogP contribution in [0.4, 0.5) is 5.69 Å². The summed E-state index contributed by atoms with van der Waals surface area (Å²) in [5.74, 6) is -3.36. The van der Waals surface area contributed by atoms with Gasteiger partial charge in [-0.25, -0.2) is 9.59 Å². The van der Waals surface area contributed by atoms with Crippen LogP contribution in [0.5, 0.6) is 0 Å². The summed E-state index contributed by atoms with van der Waals surface area (Å²) in [5, 5.41) is 23.6. The molecule has 22 heavy (non-hydrogen) atoms. The first-order valence-electron chi connectivity index (χ1n) is 5.85. The molecule has 0 spiro atoms. The van der Waals surface area contributed by atoms with Crippen molar-refractivity contribution >= 4 is 35.1 Å². The fraction of sp³-hybridized carbons (Fsp3) is 0.0769. The van der Waals surface area contributed by atoms with E-state index in [9.17, 15) is 14.4 Å². The van der Waals surface area contributed by atoms with Crippen LogP contribution >= 0.6 is 11.6 Å². The number of carboxylic acids is 2. The molecule has 0 radical (unpaired) electrons. The quantitative estimate of drug-likeness (QED) is 0.786. The minimum Gasteiger partial charge on any atom is -0.478 e. The third-order valence-corrected chi connectivity index (χ3v) is 3.06. The molecule has 2 aromatic rings. The van der Waals surface area contributed by atoms with Gasteiger partial charge < -0.3 is 20.1 Å². The van der Waals surface area contributed by atoms with Crippen molar-refractivity contribution < 1.29 is 29.1 Å². The third-order valence-electron chi connectivity index (χ3n) is 2.75. The number of benzene rings is 1. The van der Waals surface area contributed by atoms with Gasteiger partial charge in [-0.05, 0) is 25.1 Å². The van der Waals surface area contributed by atoms with Crippen molar-refractivity contribution in [2.75, 3.05) is 5.32 Å².